The number of hydrogen-bond acceptors (Lipinski definition) is 4. The molecule has 1 aliphatic carbocycles. The zero-order chi connectivity index (χ0) is 24.4. The van der Waals surface area contributed by atoms with Crippen LogP contribution in [-0.2, 0) is 12.8 Å². The molecule has 0 atom stereocenters. The molecule has 1 saturated carbocycles. The molecule has 0 unspecified atom stereocenters. The minimum absolute atomic E-state index is 0.613. The first-order valence-corrected chi connectivity index (χ1v) is 12.4. The maximum Gasteiger partial charge on any atom is 0.161 e. The van der Waals surface area contributed by atoms with Crippen molar-refractivity contribution < 1.29 is 0 Å². The van der Waals surface area contributed by atoms with E-state index in [0.29, 0.717) is 18.1 Å². The van der Waals surface area contributed by atoms with E-state index in [0.717, 1.165) is 47.6 Å². The quantitative estimate of drug-likeness (QED) is 0.387. The van der Waals surface area contributed by atoms with Gasteiger partial charge in [0.05, 0.1) is 0 Å². The highest BCUT2D eigenvalue weighted by Gasteiger charge is 2.28. The zero-order valence-corrected chi connectivity index (χ0v) is 21.3. The second-order valence-corrected chi connectivity index (χ2v) is 9.11. The number of aromatic nitrogens is 2. The fourth-order valence-corrected chi connectivity index (χ4v) is 3.72. The lowest BCUT2D eigenvalue weighted by Gasteiger charge is -2.14. The lowest BCUT2D eigenvalue weighted by atomic mass is 9.98. The summed E-state index contributed by atoms with van der Waals surface area (Å²) in [7, 11) is 0. The van der Waals surface area contributed by atoms with Crippen molar-refractivity contribution >= 4 is 16.9 Å². The van der Waals surface area contributed by atoms with E-state index in [1.165, 1.54) is 42.4 Å². The van der Waals surface area contributed by atoms with Crippen LogP contribution in [0, 0.1) is 18.3 Å². The minimum atomic E-state index is 0.613. The summed E-state index contributed by atoms with van der Waals surface area (Å²) in [4.78, 5) is 9.52. The number of aryl methyl sites for hydroxylation is 3. The lowest BCUT2D eigenvalue weighted by molar-refractivity contribution is 0.807. The number of rotatable bonds is 10. The molecule has 0 spiro atoms. The summed E-state index contributed by atoms with van der Waals surface area (Å²) in [6.45, 7) is 15.3. The lowest BCUT2D eigenvalue weighted by Crippen LogP contribution is -2.10. The summed E-state index contributed by atoms with van der Waals surface area (Å²) < 4.78 is 0. The zero-order valence-electron chi connectivity index (χ0n) is 21.3. The van der Waals surface area contributed by atoms with Crippen LogP contribution in [0.1, 0.15) is 88.0 Å². The Morgan fingerprint density at radius 2 is 1.79 bits per heavy atom. The number of unbranched alkanes of at least 4 members (excludes halogenated alkanes) is 1. The monoisotopic (exact) mass is 446 g/mol. The SMILES string of the molecule is C=C(C)c1ccc(CCc2nc(/C(C(=N)CC)=C(/C)C3CC3)ncc2C)cc1.CCCCN. The molecule has 178 valence electrons. The van der Waals surface area contributed by atoms with Crippen molar-refractivity contribution in [2.24, 2.45) is 11.7 Å². The smallest absolute Gasteiger partial charge is 0.161 e. The summed E-state index contributed by atoms with van der Waals surface area (Å²) >= 11 is 0. The van der Waals surface area contributed by atoms with Crippen molar-refractivity contribution in [3.8, 4) is 0 Å². The fourth-order valence-electron chi connectivity index (χ4n) is 3.72. The van der Waals surface area contributed by atoms with E-state index in [2.05, 4.69) is 56.6 Å². The number of allylic oxidation sites excluding steroid dienone is 3. The molecule has 1 fully saturated rings. The highest BCUT2D eigenvalue weighted by atomic mass is 14.9. The maximum atomic E-state index is 8.45. The highest BCUT2D eigenvalue weighted by Crippen LogP contribution is 2.40. The summed E-state index contributed by atoms with van der Waals surface area (Å²) in [6.07, 6.45) is 9.29. The predicted molar refractivity (Wildman–Crippen MR) is 143 cm³/mol. The largest absolute Gasteiger partial charge is 0.330 e. The van der Waals surface area contributed by atoms with E-state index in [9.17, 15) is 0 Å². The van der Waals surface area contributed by atoms with Gasteiger partial charge >= 0.3 is 0 Å². The van der Waals surface area contributed by atoms with E-state index in [4.69, 9.17) is 16.1 Å². The van der Waals surface area contributed by atoms with Crippen LogP contribution in [0.5, 0.6) is 0 Å². The Morgan fingerprint density at radius 3 is 2.27 bits per heavy atom. The molecule has 0 bridgehead atoms. The highest BCUT2D eigenvalue weighted by molar-refractivity contribution is 6.22. The molecule has 2 aromatic rings. The van der Waals surface area contributed by atoms with Crippen LogP contribution >= 0.6 is 0 Å². The molecule has 3 N–H and O–H groups in total. The molecular weight excluding hydrogens is 404 g/mol. The van der Waals surface area contributed by atoms with Gasteiger partial charge in [-0.2, -0.15) is 0 Å². The van der Waals surface area contributed by atoms with Crippen molar-refractivity contribution in [2.75, 3.05) is 6.54 Å². The van der Waals surface area contributed by atoms with Gasteiger partial charge in [-0.05, 0) is 88.4 Å². The molecule has 4 nitrogen and oxygen atoms in total. The first-order valence-electron chi connectivity index (χ1n) is 12.4. The average Bonchev–Trinajstić information content (AvgIpc) is 3.66. The average molecular weight is 447 g/mol. The van der Waals surface area contributed by atoms with Gasteiger partial charge in [0, 0.05) is 23.2 Å². The molecule has 1 heterocycles. The van der Waals surface area contributed by atoms with Crippen molar-refractivity contribution in [3.63, 3.8) is 0 Å². The van der Waals surface area contributed by atoms with Gasteiger partial charge in [-0.25, -0.2) is 9.97 Å². The van der Waals surface area contributed by atoms with E-state index in [1.54, 1.807) is 0 Å². The van der Waals surface area contributed by atoms with Crippen molar-refractivity contribution in [1.82, 2.24) is 9.97 Å². The normalized spacial score (nSPS) is 13.6. The Hall–Kier alpha value is -2.59. The van der Waals surface area contributed by atoms with Crippen LogP contribution < -0.4 is 5.73 Å². The van der Waals surface area contributed by atoms with Gasteiger partial charge in [0.1, 0.15) is 0 Å². The summed E-state index contributed by atoms with van der Waals surface area (Å²) in [5.74, 6) is 1.34. The molecule has 0 amide bonds. The molecule has 1 aliphatic rings. The molecule has 33 heavy (non-hydrogen) atoms. The standard InChI is InChI=1S/C25H31N3.C4H11N/c1-6-22(26)24(18(5)21-12-13-21)25-27-15-17(4)23(28-25)14-9-19-7-10-20(11-8-19)16(2)3;1-2-3-4-5/h7-8,10-11,15,21,26H,2,6,9,12-14H2,1,3-5H3;2-5H2,1H3/b24-18-,26-22?;. The van der Waals surface area contributed by atoms with Gasteiger partial charge in [-0.3, -0.25) is 0 Å². The van der Waals surface area contributed by atoms with Crippen molar-refractivity contribution in [2.45, 2.75) is 79.6 Å². The number of nitrogens with zero attached hydrogens (tertiary/aromatic N) is 2. The Bertz CT molecular complexity index is 964. The summed E-state index contributed by atoms with van der Waals surface area (Å²) in [6, 6.07) is 8.63. The number of benzene rings is 1. The molecule has 0 aliphatic heterocycles. The Kier molecular flexibility index (Phi) is 10.7. The molecule has 0 radical (unpaired) electrons. The fraction of sp³-hybridized carbons (Fsp3) is 0.483. The van der Waals surface area contributed by atoms with E-state index < -0.39 is 0 Å². The molecule has 4 heteroatoms. The number of hydrogen-bond donors (Lipinski definition) is 2. The Labute approximate surface area is 201 Å². The van der Waals surface area contributed by atoms with Crippen molar-refractivity contribution in [3.05, 3.63) is 70.8 Å². The molecule has 0 saturated heterocycles. The number of nitrogens with one attached hydrogen (secondary N) is 1. The first-order chi connectivity index (χ1) is 15.8. The van der Waals surface area contributed by atoms with Crippen LogP contribution in [0.3, 0.4) is 0 Å². The first kappa shape index (κ1) is 26.7. The van der Waals surface area contributed by atoms with Gasteiger partial charge in [0.15, 0.2) is 5.82 Å². The van der Waals surface area contributed by atoms with Gasteiger partial charge < -0.3 is 11.1 Å². The third kappa shape index (κ3) is 8.04. The molecular formula is C29H42N4. The topological polar surface area (TPSA) is 75.7 Å². The summed E-state index contributed by atoms with van der Waals surface area (Å²) in [5, 5.41) is 8.45. The third-order valence-corrected chi connectivity index (χ3v) is 6.19. The van der Waals surface area contributed by atoms with Crippen LogP contribution in [0.15, 0.2) is 42.6 Å². The molecule has 3 rings (SSSR count). The second-order valence-electron chi connectivity index (χ2n) is 9.11. The van der Waals surface area contributed by atoms with E-state index in [-0.39, 0.29) is 0 Å². The third-order valence-electron chi connectivity index (χ3n) is 6.19. The van der Waals surface area contributed by atoms with Crippen molar-refractivity contribution in [1.29, 1.82) is 5.41 Å². The number of nitrogens with two attached hydrogens (primary N) is 1. The van der Waals surface area contributed by atoms with Crippen LogP contribution in [0.25, 0.3) is 11.1 Å². The molecule has 1 aromatic carbocycles. The van der Waals surface area contributed by atoms with Crippen LogP contribution in [0.2, 0.25) is 0 Å². The molecule has 1 aromatic heterocycles. The maximum absolute atomic E-state index is 8.45. The minimum Gasteiger partial charge on any atom is -0.330 e. The van der Waals surface area contributed by atoms with Gasteiger partial charge in [0.25, 0.3) is 0 Å². The van der Waals surface area contributed by atoms with E-state index in [1.807, 2.05) is 20.0 Å². The predicted octanol–water partition coefficient (Wildman–Crippen LogP) is 6.96. The van der Waals surface area contributed by atoms with E-state index >= 15 is 0 Å². The van der Waals surface area contributed by atoms with Crippen LogP contribution in [-0.4, -0.2) is 22.2 Å². The Balaban J connectivity index is 0.000000696. The van der Waals surface area contributed by atoms with Gasteiger partial charge in [0.2, 0.25) is 0 Å². The summed E-state index contributed by atoms with van der Waals surface area (Å²) in [5.41, 5.74) is 13.8. The Morgan fingerprint density at radius 1 is 1.12 bits per heavy atom. The van der Waals surface area contributed by atoms with Crippen LogP contribution in [0.4, 0.5) is 0 Å². The van der Waals surface area contributed by atoms with Gasteiger partial charge in [-0.1, -0.05) is 62.3 Å². The van der Waals surface area contributed by atoms with Gasteiger partial charge in [-0.15, -0.1) is 0 Å². The second kappa shape index (κ2) is 13.2.